The molecule has 3 nitrogen and oxygen atoms in total. The quantitative estimate of drug-likeness (QED) is 0.852. The Morgan fingerprint density at radius 3 is 2.74 bits per heavy atom. The minimum atomic E-state index is -0.141. The summed E-state index contributed by atoms with van der Waals surface area (Å²) in [4.78, 5) is 15.4. The van der Waals surface area contributed by atoms with Crippen molar-refractivity contribution in [3.05, 3.63) is 0 Å². The standard InChI is InChI=1S/C16H30N2O/c1-4-14-8-6-5-7-11-18(14)15(19)16(13(2)3)9-10-17-12-16/h13-14,17H,4-12H2,1-3H3. The fourth-order valence-corrected chi connectivity index (χ4v) is 3.79. The summed E-state index contributed by atoms with van der Waals surface area (Å²) in [6.45, 7) is 9.50. The number of carbonyl (C=O) groups is 1. The predicted octanol–water partition coefficient (Wildman–Crippen LogP) is 2.80. The molecule has 19 heavy (non-hydrogen) atoms. The summed E-state index contributed by atoms with van der Waals surface area (Å²) in [5.74, 6) is 0.858. The highest BCUT2D eigenvalue weighted by atomic mass is 16.2. The van der Waals surface area contributed by atoms with Gasteiger partial charge in [0.15, 0.2) is 0 Å². The first kappa shape index (κ1) is 14.8. The zero-order valence-corrected chi connectivity index (χ0v) is 12.9. The van der Waals surface area contributed by atoms with E-state index in [-0.39, 0.29) is 5.41 Å². The van der Waals surface area contributed by atoms with Crippen LogP contribution in [0.3, 0.4) is 0 Å². The molecule has 2 heterocycles. The van der Waals surface area contributed by atoms with Gasteiger partial charge in [-0.15, -0.1) is 0 Å². The molecule has 0 aromatic heterocycles. The van der Waals surface area contributed by atoms with Gasteiger partial charge in [-0.3, -0.25) is 4.79 Å². The third-order valence-corrected chi connectivity index (χ3v) is 5.33. The van der Waals surface area contributed by atoms with Crippen molar-refractivity contribution in [3.63, 3.8) is 0 Å². The first-order valence-corrected chi connectivity index (χ1v) is 8.13. The van der Waals surface area contributed by atoms with Crippen molar-refractivity contribution in [1.29, 1.82) is 0 Å². The number of nitrogens with one attached hydrogen (secondary N) is 1. The van der Waals surface area contributed by atoms with E-state index in [0.717, 1.165) is 32.5 Å². The molecule has 0 bridgehead atoms. The van der Waals surface area contributed by atoms with Gasteiger partial charge < -0.3 is 10.2 Å². The molecule has 2 fully saturated rings. The highest BCUT2D eigenvalue weighted by Gasteiger charge is 2.47. The molecular formula is C16H30N2O. The number of hydrogen-bond donors (Lipinski definition) is 1. The number of hydrogen-bond acceptors (Lipinski definition) is 2. The minimum Gasteiger partial charge on any atom is -0.339 e. The highest BCUT2D eigenvalue weighted by Crippen LogP contribution is 2.37. The summed E-state index contributed by atoms with van der Waals surface area (Å²) in [6.07, 6.45) is 7.07. The van der Waals surface area contributed by atoms with E-state index in [1.807, 2.05) is 0 Å². The molecule has 0 saturated carbocycles. The smallest absolute Gasteiger partial charge is 0.230 e. The van der Waals surface area contributed by atoms with E-state index in [9.17, 15) is 4.79 Å². The first-order chi connectivity index (χ1) is 9.12. The Hall–Kier alpha value is -0.570. The summed E-state index contributed by atoms with van der Waals surface area (Å²) in [6, 6.07) is 0.478. The average Bonchev–Trinajstić information content (AvgIpc) is 2.78. The van der Waals surface area contributed by atoms with Crippen LogP contribution in [0.5, 0.6) is 0 Å². The molecule has 2 saturated heterocycles. The molecule has 110 valence electrons. The van der Waals surface area contributed by atoms with E-state index in [2.05, 4.69) is 31.0 Å². The molecule has 1 N–H and O–H groups in total. The Labute approximate surface area is 118 Å². The van der Waals surface area contributed by atoms with E-state index in [1.165, 1.54) is 25.7 Å². The number of amides is 1. The van der Waals surface area contributed by atoms with Gasteiger partial charge in [0.25, 0.3) is 0 Å². The Balaban J connectivity index is 2.19. The van der Waals surface area contributed by atoms with Crippen LogP contribution < -0.4 is 5.32 Å². The van der Waals surface area contributed by atoms with Crippen LogP contribution in [0.2, 0.25) is 0 Å². The predicted molar refractivity (Wildman–Crippen MR) is 79.0 cm³/mol. The Morgan fingerprint density at radius 2 is 2.16 bits per heavy atom. The molecule has 3 heteroatoms. The topological polar surface area (TPSA) is 32.3 Å². The van der Waals surface area contributed by atoms with Crippen molar-refractivity contribution in [2.45, 2.75) is 65.3 Å². The number of carbonyl (C=O) groups excluding carboxylic acids is 1. The van der Waals surface area contributed by atoms with Crippen LogP contribution in [0, 0.1) is 11.3 Å². The van der Waals surface area contributed by atoms with E-state index >= 15 is 0 Å². The Bertz CT molecular complexity index is 308. The molecule has 0 spiro atoms. The maximum absolute atomic E-state index is 13.2. The summed E-state index contributed by atoms with van der Waals surface area (Å²) in [5, 5.41) is 3.42. The lowest BCUT2D eigenvalue weighted by atomic mass is 9.75. The van der Waals surface area contributed by atoms with Crippen LogP contribution in [0.1, 0.15) is 59.3 Å². The van der Waals surface area contributed by atoms with Crippen LogP contribution in [0.4, 0.5) is 0 Å². The molecule has 0 aliphatic carbocycles. The van der Waals surface area contributed by atoms with Gasteiger partial charge >= 0.3 is 0 Å². The molecule has 2 aliphatic heterocycles. The average molecular weight is 266 g/mol. The lowest BCUT2D eigenvalue weighted by molar-refractivity contribution is -0.146. The van der Waals surface area contributed by atoms with Gasteiger partial charge in [0.1, 0.15) is 0 Å². The van der Waals surface area contributed by atoms with Crippen LogP contribution >= 0.6 is 0 Å². The van der Waals surface area contributed by atoms with Gasteiger partial charge in [0.2, 0.25) is 5.91 Å². The van der Waals surface area contributed by atoms with E-state index in [0.29, 0.717) is 17.9 Å². The van der Waals surface area contributed by atoms with E-state index in [4.69, 9.17) is 0 Å². The third kappa shape index (κ3) is 2.81. The molecule has 0 radical (unpaired) electrons. The molecule has 1 amide bonds. The monoisotopic (exact) mass is 266 g/mol. The van der Waals surface area contributed by atoms with Crippen molar-refractivity contribution in [2.24, 2.45) is 11.3 Å². The molecular weight excluding hydrogens is 236 g/mol. The number of likely N-dealkylation sites (tertiary alicyclic amines) is 1. The second-order valence-corrected chi connectivity index (χ2v) is 6.65. The van der Waals surface area contributed by atoms with Crippen LogP contribution in [-0.2, 0) is 4.79 Å². The van der Waals surface area contributed by atoms with Gasteiger partial charge in [-0.2, -0.15) is 0 Å². The zero-order valence-electron chi connectivity index (χ0n) is 12.9. The lowest BCUT2D eigenvalue weighted by Gasteiger charge is -2.40. The number of rotatable bonds is 3. The Morgan fingerprint density at radius 1 is 1.37 bits per heavy atom. The molecule has 0 aromatic carbocycles. The van der Waals surface area contributed by atoms with Gasteiger partial charge in [0.05, 0.1) is 5.41 Å². The molecule has 2 atom stereocenters. The fraction of sp³-hybridized carbons (Fsp3) is 0.938. The third-order valence-electron chi connectivity index (χ3n) is 5.33. The maximum Gasteiger partial charge on any atom is 0.230 e. The normalized spacial score (nSPS) is 32.6. The fourth-order valence-electron chi connectivity index (χ4n) is 3.79. The molecule has 2 aliphatic rings. The van der Waals surface area contributed by atoms with Gasteiger partial charge in [-0.1, -0.05) is 33.6 Å². The van der Waals surface area contributed by atoms with Crippen LogP contribution in [0.25, 0.3) is 0 Å². The van der Waals surface area contributed by atoms with E-state index < -0.39 is 0 Å². The highest BCUT2D eigenvalue weighted by molar-refractivity contribution is 5.84. The van der Waals surface area contributed by atoms with Crippen molar-refractivity contribution in [3.8, 4) is 0 Å². The lowest BCUT2D eigenvalue weighted by Crippen LogP contribution is -2.51. The minimum absolute atomic E-state index is 0.141. The molecule has 2 unspecified atom stereocenters. The van der Waals surface area contributed by atoms with Crippen molar-refractivity contribution in [2.75, 3.05) is 19.6 Å². The van der Waals surface area contributed by atoms with Gasteiger partial charge in [0, 0.05) is 19.1 Å². The second kappa shape index (κ2) is 6.25. The van der Waals surface area contributed by atoms with Crippen LogP contribution in [-0.4, -0.2) is 36.5 Å². The second-order valence-electron chi connectivity index (χ2n) is 6.65. The maximum atomic E-state index is 13.2. The van der Waals surface area contributed by atoms with Crippen molar-refractivity contribution < 1.29 is 4.79 Å². The molecule has 2 rings (SSSR count). The van der Waals surface area contributed by atoms with Crippen molar-refractivity contribution in [1.82, 2.24) is 10.2 Å². The van der Waals surface area contributed by atoms with Crippen molar-refractivity contribution >= 4 is 5.91 Å². The summed E-state index contributed by atoms with van der Waals surface area (Å²) >= 11 is 0. The Kier molecular flexibility index (Phi) is 4.88. The first-order valence-electron chi connectivity index (χ1n) is 8.13. The van der Waals surface area contributed by atoms with Gasteiger partial charge in [-0.25, -0.2) is 0 Å². The van der Waals surface area contributed by atoms with E-state index in [1.54, 1.807) is 0 Å². The molecule has 0 aromatic rings. The summed E-state index contributed by atoms with van der Waals surface area (Å²) < 4.78 is 0. The summed E-state index contributed by atoms with van der Waals surface area (Å²) in [7, 11) is 0. The zero-order chi connectivity index (χ0) is 13.9. The van der Waals surface area contributed by atoms with Crippen LogP contribution in [0.15, 0.2) is 0 Å². The van der Waals surface area contributed by atoms with Gasteiger partial charge in [-0.05, 0) is 38.1 Å². The largest absolute Gasteiger partial charge is 0.339 e. The summed E-state index contributed by atoms with van der Waals surface area (Å²) in [5.41, 5.74) is -0.141. The number of nitrogens with zero attached hydrogens (tertiary/aromatic N) is 1. The SMILES string of the molecule is CCC1CCCCCN1C(=O)C1(C(C)C)CCNC1.